The number of aryl methyl sites for hydroxylation is 1. The second-order valence-corrected chi connectivity index (χ2v) is 9.13. The summed E-state index contributed by atoms with van der Waals surface area (Å²) in [5.41, 5.74) is 2.92. The van der Waals surface area contributed by atoms with Crippen LogP contribution < -0.4 is 9.04 Å². The maximum absolute atomic E-state index is 12.2. The third-order valence-corrected chi connectivity index (χ3v) is 6.60. The van der Waals surface area contributed by atoms with Crippen LogP contribution in [0.25, 0.3) is 0 Å². The molecule has 2 aromatic heterocycles. The summed E-state index contributed by atoms with van der Waals surface area (Å²) in [5, 5.41) is 13.3. The highest BCUT2D eigenvalue weighted by Gasteiger charge is 2.31. The molecule has 11 heteroatoms. The molecule has 3 aromatic rings. The summed E-state index contributed by atoms with van der Waals surface area (Å²) in [7, 11) is 0. The zero-order chi connectivity index (χ0) is 22.8. The van der Waals surface area contributed by atoms with Crippen molar-refractivity contribution in [2.45, 2.75) is 38.8 Å². The van der Waals surface area contributed by atoms with Crippen LogP contribution in [0.5, 0.6) is 11.6 Å². The number of aliphatic carboxylic acids is 1. The number of hydrogen-bond donors (Lipinski definition) is 1. The second-order valence-electron chi connectivity index (χ2n) is 7.44. The Morgan fingerprint density at radius 2 is 2.12 bits per heavy atom. The molecular formula is C21H20BrN4O5S-. The van der Waals surface area contributed by atoms with Crippen LogP contribution in [0.3, 0.4) is 0 Å². The summed E-state index contributed by atoms with van der Waals surface area (Å²) >= 11 is 0.839. The quantitative estimate of drug-likeness (QED) is 0.469. The predicted molar refractivity (Wildman–Crippen MR) is 120 cm³/mol. The van der Waals surface area contributed by atoms with E-state index in [0.29, 0.717) is 46.6 Å². The molecule has 0 radical (unpaired) electrons. The molecule has 0 spiro atoms. The van der Waals surface area contributed by atoms with E-state index in [1.807, 2.05) is 31.2 Å². The van der Waals surface area contributed by atoms with Crippen LogP contribution in [-0.4, -0.2) is 34.6 Å². The number of carboxylic acid groups (broad SMARTS) is 1. The zero-order valence-electron chi connectivity index (χ0n) is 17.1. The van der Waals surface area contributed by atoms with Gasteiger partial charge in [-0.05, 0) is 60.3 Å². The number of carbonyl (C=O) groups is 1. The van der Waals surface area contributed by atoms with Gasteiger partial charge in [0.15, 0.2) is 0 Å². The lowest BCUT2D eigenvalue weighted by Crippen LogP contribution is -2.33. The maximum atomic E-state index is 12.2. The van der Waals surface area contributed by atoms with Gasteiger partial charge in [0.25, 0.3) is 0 Å². The highest BCUT2D eigenvalue weighted by atomic mass is 79.9. The SMILES string of the molecule is Cc1ccc(Oc2ncc(N(C3CCCc4c3cnn4CC(=O)O)S(=O)[O-])cc2Br)cc1. The van der Waals surface area contributed by atoms with Gasteiger partial charge in [0.05, 0.1) is 28.6 Å². The normalized spacial score (nSPS) is 16.3. The first-order valence-corrected chi connectivity index (χ1v) is 11.7. The third-order valence-electron chi connectivity index (χ3n) is 5.24. The minimum Gasteiger partial charge on any atom is -0.755 e. The molecule has 0 aliphatic heterocycles. The Labute approximate surface area is 195 Å². The topological polar surface area (TPSA) is 121 Å². The Balaban J connectivity index is 1.63. The number of nitrogens with zero attached hydrogens (tertiary/aromatic N) is 4. The standard InChI is InChI=1S/C21H21BrN4O5S/c1-13-5-7-15(8-6-13)31-21-17(22)9-14(10-23-21)26(32(29)30)19-4-2-3-18-16(19)11-24-25(18)12-20(27)28/h5-11,19H,2-4,12H2,1H3,(H,27,28)(H,29,30)/p-1. The number of benzene rings is 1. The van der Waals surface area contributed by atoms with Crippen LogP contribution in [0, 0.1) is 6.92 Å². The zero-order valence-corrected chi connectivity index (χ0v) is 19.5. The highest BCUT2D eigenvalue weighted by molar-refractivity contribution is 9.10. The summed E-state index contributed by atoms with van der Waals surface area (Å²) in [6.45, 7) is 1.72. The van der Waals surface area contributed by atoms with Crippen LogP contribution in [-0.2, 0) is 29.0 Å². The van der Waals surface area contributed by atoms with Gasteiger partial charge in [0, 0.05) is 22.5 Å². The third kappa shape index (κ3) is 4.69. The Morgan fingerprint density at radius 3 is 2.78 bits per heavy atom. The van der Waals surface area contributed by atoms with Crippen molar-refractivity contribution in [3.8, 4) is 11.6 Å². The number of ether oxygens (including phenoxy) is 1. The number of aromatic nitrogens is 3. The molecule has 32 heavy (non-hydrogen) atoms. The van der Waals surface area contributed by atoms with E-state index in [1.54, 1.807) is 12.3 Å². The minimum absolute atomic E-state index is 0.263. The van der Waals surface area contributed by atoms with Crippen molar-refractivity contribution in [2.75, 3.05) is 4.31 Å². The minimum atomic E-state index is -2.59. The number of carboxylic acids is 1. The van der Waals surface area contributed by atoms with E-state index in [-0.39, 0.29) is 6.54 Å². The van der Waals surface area contributed by atoms with E-state index >= 15 is 0 Å². The van der Waals surface area contributed by atoms with Crippen LogP contribution in [0.1, 0.15) is 35.7 Å². The van der Waals surface area contributed by atoms with Crippen LogP contribution >= 0.6 is 15.9 Å². The largest absolute Gasteiger partial charge is 0.755 e. The second kappa shape index (κ2) is 9.39. The van der Waals surface area contributed by atoms with Gasteiger partial charge in [0.2, 0.25) is 5.88 Å². The average molecular weight is 520 g/mol. The summed E-state index contributed by atoms with van der Waals surface area (Å²) in [6, 6.07) is 8.64. The number of hydrogen-bond acceptors (Lipinski definition) is 6. The summed E-state index contributed by atoms with van der Waals surface area (Å²) in [4.78, 5) is 15.4. The van der Waals surface area contributed by atoms with Crippen molar-refractivity contribution in [2.24, 2.45) is 0 Å². The highest BCUT2D eigenvalue weighted by Crippen LogP contribution is 2.39. The number of fused-ring (bicyclic) bond motifs is 1. The molecule has 9 nitrogen and oxygen atoms in total. The Morgan fingerprint density at radius 1 is 1.38 bits per heavy atom. The van der Waals surface area contributed by atoms with E-state index < -0.39 is 23.3 Å². The molecule has 0 fully saturated rings. The molecule has 2 unspecified atom stereocenters. The van der Waals surface area contributed by atoms with Crippen LogP contribution in [0.4, 0.5) is 5.69 Å². The fourth-order valence-electron chi connectivity index (χ4n) is 3.80. The number of anilines is 1. The molecule has 2 heterocycles. The van der Waals surface area contributed by atoms with E-state index in [4.69, 9.17) is 9.84 Å². The lowest BCUT2D eigenvalue weighted by molar-refractivity contribution is -0.137. The van der Waals surface area contributed by atoms with Gasteiger partial charge in [0.1, 0.15) is 12.3 Å². The molecule has 168 valence electrons. The summed E-state index contributed by atoms with van der Waals surface area (Å²) < 4.78 is 33.5. The summed E-state index contributed by atoms with van der Waals surface area (Å²) in [6.07, 6.45) is 4.93. The summed E-state index contributed by atoms with van der Waals surface area (Å²) in [5.74, 6) is -0.0732. The predicted octanol–water partition coefficient (Wildman–Crippen LogP) is 3.90. The Bertz CT molecular complexity index is 1170. The van der Waals surface area contributed by atoms with Gasteiger partial charge in [-0.15, -0.1) is 0 Å². The molecular weight excluding hydrogens is 500 g/mol. The molecule has 0 saturated carbocycles. The molecule has 1 aromatic carbocycles. The molecule has 0 saturated heterocycles. The lowest BCUT2D eigenvalue weighted by atomic mass is 9.92. The van der Waals surface area contributed by atoms with Gasteiger partial charge < -0.3 is 14.4 Å². The first-order valence-electron chi connectivity index (χ1n) is 9.88. The van der Waals surface area contributed by atoms with Gasteiger partial charge in [-0.25, -0.2) is 4.98 Å². The van der Waals surface area contributed by atoms with Gasteiger partial charge >= 0.3 is 5.97 Å². The van der Waals surface area contributed by atoms with E-state index in [0.717, 1.165) is 11.3 Å². The average Bonchev–Trinajstić information content (AvgIpc) is 3.14. The number of pyridine rings is 1. The molecule has 1 aliphatic rings. The van der Waals surface area contributed by atoms with E-state index in [9.17, 15) is 13.6 Å². The van der Waals surface area contributed by atoms with E-state index in [1.165, 1.54) is 15.2 Å². The Kier molecular flexibility index (Phi) is 6.58. The van der Waals surface area contributed by atoms with Crippen molar-refractivity contribution < 1.29 is 23.4 Å². The molecule has 2 atom stereocenters. The maximum Gasteiger partial charge on any atom is 0.325 e. The first-order chi connectivity index (χ1) is 15.3. The number of halogens is 1. The van der Waals surface area contributed by atoms with Gasteiger partial charge in [-0.3, -0.25) is 18.0 Å². The van der Waals surface area contributed by atoms with Crippen LogP contribution in [0.2, 0.25) is 0 Å². The molecule has 0 bridgehead atoms. The van der Waals surface area contributed by atoms with Crippen LogP contribution in [0.15, 0.2) is 47.2 Å². The van der Waals surface area contributed by atoms with Crippen molar-refractivity contribution in [1.82, 2.24) is 14.8 Å². The van der Waals surface area contributed by atoms with Crippen molar-refractivity contribution in [3.63, 3.8) is 0 Å². The van der Waals surface area contributed by atoms with Crippen molar-refractivity contribution in [1.29, 1.82) is 0 Å². The van der Waals surface area contributed by atoms with Crippen molar-refractivity contribution >= 4 is 38.9 Å². The van der Waals surface area contributed by atoms with Crippen molar-refractivity contribution in [3.05, 3.63) is 64.0 Å². The van der Waals surface area contributed by atoms with E-state index in [2.05, 4.69) is 26.0 Å². The monoisotopic (exact) mass is 519 g/mol. The van der Waals surface area contributed by atoms with Gasteiger partial charge in [-0.2, -0.15) is 5.10 Å². The Hall–Kier alpha value is -2.76. The smallest absolute Gasteiger partial charge is 0.325 e. The molecule has 1 N–H and O–H groups in total. The fraction of sp³-hybridized carbons (Fsp3) is 0.286. The molecule has 0 amide bonds. The first kappa shape index (κ1) is 22.4. The lowest BCUT2D eigenvalue weighted by Gasteiger charge is -2.36. The number of rotatable bonds is 7. The van der Waals surface area contributed by atoms with Gasteiger partial charge in [-0.1, -0.05) is 17.7 Å². The molecule has 4 rings (SSSR count). The molecule has 1 aliphatic carbocycles. The fourth-order valence-corrected chi connectivity index (χ4v) is 4.92.